The first-order valence-electron chi connectivity index (χ1n) is 6.23. The molecule has 0 aliphatic carbocycles. The third-order valence-corrected chi connectivity index (χ3v) is 3.05. The number of benzene rings is 1. The Hall–Kier alpha value is -2.53. The van der Waals surface area contributed by atoms with Crippen LogP contribution in [0.5, 0.6) is 0 Å². The second kappa shape index (κ2) is 5.22. The van der Waals surface area contributed by atoms with E-state index in [1.165, 1.54) is 0 Å². The van der Waals surface area contributed by atoms with Gasteiger partial charge in [-0.25, -0.2) is 0 Å². The highest BCUT2D eigenvalue weighted by Crippen LogP contribution is 2.24. The van der Waals surface area contributed by atoms with Gasteiger partial charge in [0.25, 0.3) is 5.89 Å². The Kier molecular flexibility index (Phi) is 3.26. The van der Waals surface area contributed by atoms with E-state index >= 15 is 0 Å². The van der Waals surface area contributed by atoms with Crippen LogP contribution in [0.1, 0.15) is 23.1 Å². The zero-order chi connectivity index (χ0) is 13.9. The van der Waals surface area contributed by atoms with Gasteiger partial charge in [-0.2, -0.15) is 4.98 Å². The zero-order valence-corrected chi connectivity index (χ0v) is 10.9. The summed E-state index contributed by atoms with van der Waals surface area (Å²) >= 11 is 0. The Morgan fingerprint density at radius 3 is 2.70 bits per heavy atom. The van der Waals surface area contributed by atoms with Crippen LogP contribution in [0, 0.1) is 6.92 Å². The molecule has 0 aliphatic rings. The highest BCUT2D eigenvalue weighted by Gasteiger charge is 2.19. The summed E-state index contributed by atoms with van der Waals surface area (Å²) in [6.45, 7) is 1.92. The molecule has 5 nitrogen and oxygen atoms in total. The van der Waals surface area contributed by atoms with Crippen LogP contribution in [0.4, 0.5) is 0 Å². The average Bonchev–Trinajstić information content (AvgIpc) is 2.97. The van der Waals surface area contributed by atoms with Crippen LogP contribution in [-0.2, 0) is 0 Å². The molecular formula is C15H13N3O2. The first-order chi connectivity index (χ1) is 9.75. The fourth-order valence-corrected chi connectivity index (χ4v) is 1.96. The van der Waals surface area contributed by atoms with Gasteiger partial charge in [-0.3, -0.25) is 4.98 Å². The summed E-state index contributed by atoms with van der Waals surface area (Å²) in [5.74, 6) is 0.636. The zero-order valence-electron chi connectivity index (χ0n) is 10.9. The fourth-order valence-electron chi connectivity index (χ4n) is 1.96. The van der Waals surface area contributed by atoms with Crippen molar-refractivity contribution in [3.8, 4) is 11.4 Å². The number of pyridine rings is 1. The summed E-state index contributed by atoms with van der Waals surface area (Å²) in [7, 11) is 0. The van der Waals surface area contributed by atoms with Crippen molar-refractivity contribution in [1.82, 2.24) is 15.1 Å². The molecule has 1 aromatic carbocycles. The molecule has 5 heteroatoms. The van der Waals surface area contributed by atoms with Crippen LogP contribution in [0.3, 0.4) is 0 Å². The molecule has 20 heavy (non-hydrogen) atoms. The van der Waals surface area contributed by atoms with Gasteiger partial charge in [0.2, 0.25) is 5.82 Å². The van der Waals surface area contributed by atoms with Crippen molar-refractivity contribution in [2.24, 2.45) is 0 Å². The first kappa shape index (κ1) is 12.5. The minimum Gasteiger partial charge on any atom is -0.378 e. The van der Waals surface area contributed by atoms with Gasteiger partial charge in [0, 0.05) is 18.0 Å². The number of hydrogen-bond donors (Lipinski definition) is 1. The van der Waals surface area contributed by atoms with Gasteiger partial charge in [0.05, 0.1) is 0 Å². The number of aliphatic hydroxyl groups excluding tert-OH is 1. The SMILES string of the molecule is Cc1cnccc1-c1noc(C(O)c2ccccc2)n1. The molecule has 100 valence electrons. The first-order valence-corrected chi connectivity index (χ1v) is 6.23. The van der Waals surface area contributed by atoms with E-state index in [1.807, 2.05) is 43.3 Å². The van der Waals surface area contributed by atoms with Crippen LogP contribution >= 0.6 is 0 Å². The van der Waals surface area contributed by atoms with Gasteiger partial charge in [-0.1, -0.05) is 35.5 Å². The van der Waals surface area contributed by atoms with E-state index in [1.54, 1.807) is 12.4 Å². The topological polar surface area (TPSA) is 72.0 Å². The molecule has 0 saturated heterocycles. The van der Waals surface area contributed by atoms with Crippen molar-refractivity contribution in [3.05, 3.63) is 65.8 Å². The van der Waals surface area contributed by atoms with Crippen molar-refractivity contribution in [1.29, 1.82) is 0 Å². The summed E-state index contributed by atoms with van der Waals surface area (Å²) in [5, 5.41) is 14.1. The van der Waals surface area contributed by atoms with Crippen LogP contribution in [0.15, 0.2) is 53.3 Å². The van der Waals surface area contributed by atoms with Crippen LogP contribution in [-0.4, -0.2) is 20.2 Å². The molecule has 0 saturated carbocycles. The molecule has 0 fully saturated rings. The van der Waals surface area contributed by atoms with E-state index in [0.29, 0.717) is 11.4 Å². The molecule has 2 heterocycles. The summed E-state index contributed by atoms with van der Waals surface area (Å²) < 4.78 is 5.16. The van der Waals surface area contributed by atoms with Gasteiger partial charge in [-0.15, -0.1) is 0 Å². The third kappa shape index (κ3) is 2.31. The van der Waals surface area contributed by atoms with Crippen molar-refractivity contribution in [2.45, 2.75) is 13.0 Å². The number of aryl methyl sites for hydroxylation is 1. The lowest BCUT2D eigenvalue weighted by Crippen LogP contribution is -1.99. The molecule has 0 spiro atoms. The van der Waals surface area contributed by atoms with E-state index < -0.39 is 6.10 Å². The molecule has 0 amide bonds. The minimum absolute atomic E-state index is 0.183. The predicted octanol–water partition coefficient (Wildman–Crippen LogP) is 2.52. The maximum Gasteiger partial charge on any atom is 0.260 e. The lowest BCUT2D eigenvalue weighted by molar-refractivity contribution is 0.170. The lowest BCUT2D eigenvalue weighted by Gasteiger charge is -2.04. The molecule has 0 radical (unpaired) electrons. The predicted molar refractivity (Wildman–Crippen MR) is 72.8 cm³/mol. The van der Waals surface area contributed by atoms with Gasteiger partial charge in [-0.05, 0) is 24.1 Å². The van der Waals surface area contributed by atoms with E-state index in [4.69, 9.17) is 4.52 Å². The summed E-state index contributed by atoms with van der Waals surface area (Å²) in [4.78, 5) is 8.29. The highest BCUT2D eigenvalue weighted by molar-refractivity contribution is 5.58. The summed E-state index contributed by atoms with van der Waals surface area (Å²) in [5.41, 5.74) is 2.51. The molecule has 3 rings (SSSR count). The molecule has 1 unspecified atom stereocenters. The molecular weight excluding hydrogens is 254 g/mol. The Balaban J connectivity index is 1.93. The Morgan fingerprint density at radius 2 is 1.95 bits per heavy atom. The van der Waals surface area contributed by atoms with E-state index in [2.05, 4.69) is 15.1 Å². The van der Waals surface area contributed by atoms with E-state index in [0.717, 1.165) is 11.1 Å². The average molecular weight is 267 g/mol. The molecule has 3 aromatic rings. The number of aliphatic hydroxyl groups is 1. The lowest BCUT2D eigenvalue weighted by atomic mass is 10.1. The van der Waals surface area contributed by atoms with Crippen LogP contribution < -0.4 is 0 Å². The molecule has 0 aliphatic heterocycles. The number of nitrogens with zero attached hydrogens (tertiary/aromatic N) is 3. The Morgan fingerprint density at radius 1 is 1.15 bits per heavy atom. The molecule has 2 aromatic heterocycles. The number of hydrogen-bond acceptors (Lipinski definition) is 5. The Labute approximate surface area is 115 Å². The van der Waals surface area contributed by atoms with Crippen molar-refractivity contribution >= 4 is 0 Å². The monoisotopic (exact) mass is 267 g/mol. The minimum atomic E-state index is -0.917. The maximum absolute atomic E-state index is 10.2. The van der Waals surface area contributed by atoms with E-state index in [-0.39, 0.29) is 5.89 Å². The molecule has 1 N–H and O–H groups in total. The number of aromatic nitrogens is 3. The summed E-state index contributed by atoms with van der Waals surface area (Å²) in [6.07, 6.45) is 2.49. The smallest absolute Gasteiger partial charge is 0.260 e. The summed E-state index contributed by atoms with van der Waals surface area (Å²) in [6, 6.07) is 11.0. The normalized spacial score (nSPS) is 12.3. The van der Waals surface area contributed by atoms with Crippen LogP contribution in [0.2, 0.25) is 0 Å². The standard InChI is InChI=1S/C15H13N3O2/c1-10-9-16-8-7-12(10)14-17-15(20-18-14)13(19)11-5-3-2-4-6-11/h2-9,13,19H,1H3. The molecule has 0 bridgehead atoms. The molecule has 1 atom stereocenters. The van der Waals surface area contributed by atoms with Gasteiger partial charge >= 0.3 is 0 Å². The van der Waals surface area contributed by atoms with Crippen LogP contribution in [0.25, 0.3) is 11.4 Å². The second-order valence-electron chi connectivity index (χ2n) is 4.46. The second-order valence-corrected chi connectivity index (χ2v) is 4.46. The van der Waals surface area contributed by atoms with Crippen molar-refractivity contribution < 1.29 is 9.63 Å². The van der Waals surface area contributed by atoms with Gasteiger partial charge < -0.3 is 9.63 Å². The fraction of sp³-hybridized carbons (Fsp3) is 0.133. The third-order valence-electron chi connectivity index (χ3n) is 3.05. The largest absolute Gasteiger partial charge is 0.378 e. The van der Waals surface area contributed by atoms with E-state index in [9.17, 15) is 5.11 Å². The van der Waals surface area contributed by atoms with Crippen molar-refractivity contribution in [3.63, 3.8) is 0 Å². The number of rotatable bonds is 3. The van der Waals surface area contributed by atoms with Gasteiger partial charge in [0.1, 0.15) is 0 Å². The maximum atomic E-state index is 10.2. The highest BCUT2D eigenvalue weighted by atomic mass is 16.5. The van der Waals surface area contributed by atoms with Gasteiger partial charge in [0.15, 0.2) is 6.10 Å². The quantitative estimate of drug-likeness (QED) is 0.789. The Bertz CT molecular complexity index is 710. The van der Waals surface area contributed by atoms with Crippen molar-refractivity contribution in [2.75, 3.05) is 0 Å².